The van der Waals surface area contributed by atoms with Gasteiger partial charge in [0.05, 0.1) is 6.16 Å². The quantitative estimate of drug-likeness (QED) is 0.478. The highest BCUT2D eigenvalue weighted by molar-refractivity contribution is 7.93. The molecule has 0 aromatic heterocycles. The first kappa shape index (κ1) is 16.0. The van der Waals surface area contributed by atoms with Crippen LogP contribution in [0, 0.1) is 5.92 Å². The predicted molar refractivity (Wildman–Crippen MR) is 105 cm³/mol. The first-order chi connectivity index (χ1) is 11.3. The van der Waals surface area contributed by atoms with Gasteiger partial charge in [-0.15, -0.1) is 0 Å². The molecule has 1 aliphatic rings. The van der Waals surface area contributed by atoms with E-state index in [0.717, 1.165) is 5.92 Å². The van der Waals surface area contributed by atoms with Crippen molar-refractivity contribution in [2.75, 3.05) is 6.16 Å². The SMILES string of the molecule is C=C/C=C(\C=C)[P+](CC1CC1)(c1ccccc1)c1ccccc1. The predicted octanol–water partition coefficient (Wildman–Crippen LogP) is 5.32. The lowest BCUT2D eigenvalue weighted by molar-refractivity contribution is 0.990. The molecule has 0 amide bonds. The van der Waals surface area contributed by atoms with E-state index >= 15 is 0 Å². The topological polar surface area (TPSA) is 0 Å². The van der Waals surface area contributed by atoms with Crippen molar-refractivity contribution >= 4 is 17.9 Å². The molecule has 1 heteroatoms. The van der Waals surface area contributed by atoms with Crippen LogP contribution in [0.5, 0.6) is 0 Å². The van der Waals surface area contributed by atoms with E-state index in [2.05, 4.69) is 86.0 Å². The van der Waals surface area contributed by atoms with Crippen molar-refractivity contribution in [3.05, 3.63) is 97.4 Å². The average Bonchev–Trinajstić information content (AvgIpc) is 3.43. The summed E-state index contributed by atoms with van der Waals surface area (Å²) in [6, 6.07) is 22.0. The Kier molecular flexibility index (Phi) is 4.94. The Morgan fingerprint density at radius 3 is 1.83 bits per heavy atom. The normalized spacial score (nSPS) is 15.2. The van der Waals surface area contributed by atoms with Gasteiger partial charge in [0.25, 0.3) is 0 Å². The van der Waals surface area contributed by atoms with E-state index in [4.69, 9.17) is 0 Å². The third-order valence-electron chi connectivity index (χ3n) is 4.56. The van der Waals surface area contributed by atoms with Gasteiger partial charge in [-0.25, -0.2) is 0 Å². The highest BCUT2D eigenvalue weighted by atomic mass is 31.2. The van der Waals surface area contributed by atoms with Crippen LogP contribution in [0.25, 0.3) is 0 Å². The van der Waals surface area contributed by atoms with Gasteiger partial charge in [-0.05, 0) is 55.2 Å². The Balaban J connectivity index is 2.26. The molecule has 0 spiro atoms. The monoisotopic (exact) mass is 319 g/mol. The van der Waals surface area contributed by atoms with Gasteiger partial charge >= 0.3 is 0 Å². The molecule has 0 aliphatic heterocycles. The molecule has 116 valence electrons. The zero-order valence-corrected chi connectivity index (χ0v) is 14.5. The molecule has 0 unspecified atom stereocenters. The molecular weight excluding hydrogens is 295 g/mol. The van der Waals surface area contributed by atoms with Crippen LogP contribution in [-0.2, 0) is 0 Å². The molecule has 0 bridgehead atoms. The molecule has 1 fully saturated rings. The van der Waals surface area contributed by atoms with E-state index in [1.807, 2.05) is 6.08 Å². The summed E-state index contributed by atoms with van der Waals surface area (Å²) in [5.74, 6) is 0.844. The van der Waals surface area contributed by atoms with E-state index in [0.29, 0.717) is 0 Å². The molecule has 0 nitrogen and oxygen atoms in total. The van der Waals surface area contributed by atoms with Gasteiger partial charge in [-0.2, -0.15) is 0 Å². The third kappa shape index (κ3) is 3.23. The number of allylic oxidation sites excluding steroid dienone is 4. The Morgan fingerprint density at radius 1 is 0.913 bits per heavy atom. The average molecular weight is 319 g/mol. The van der Waals surface area contributed by atoms with Crippen molar-refractivity contribution in [2.24, 2.45) is 5.92 Å². The van der Waals surface area contributed by atoms with E-state index in [-0.39, 0.29) is 0 Å². The van der Waals surface area contributed by atoms with Gasteiger partial charge in [0.2, 0.25) is 0 Å². The molecule has 23 heavy (non-hydrogen) atoms. The van der Waals surface area contributed by atoms with Gasteiger partial charge in [0.1, 0.15) is 23.2 Å². The fourth-order valence-electron chi connectivity index (χ4n) is 3.29. The van der Waals surface area contributed by atoms with E-state index in [1.165, 1.54) is 34.9 Å². The fraction of sp³-hybridized carbons (Fsp3) is 0.182. The lowest BCUT2D eigenvalue weighted by atomic mass is 10.4. The zero-order valence-electron chi connectivity index (χ0n) is 13.6. The molecule has 0 radical (unpaired) electrons. The second kappa shape index (κ2) is 7.11. The van der Waals surface area contributed by atoms with Gasteiger partial charge in [-0.1, -0.05) is 55.6 Å². The minimum atomic E-state index is -1.65. The number of hydrogen-bond acceptors (Lipinski definition) is 0. The Labute approximate surface area is 140 Å². The largest absolute Gasteiger partial charge is 0.112 e. The Bertz CT molecular complexity index is 654. The molecule has 1 saturated carbocycles. The van der Waals surface area contributed by atoms with Crippen LogP contribution in [0.4, 0.5) is 0 Å². The van der Waals surface area contributed by atoms with Crippen LogP contribution in [0.1, 0.15) is 12.8 Å². The minimum absolute atomic E-state index is 0.844. The molecule has 2 aromatic rings. The lowest BCUT2D eigenvalue weighted by Gasteiger charge is -2.28. The zero-order chi connectivity index (χ0) is 16.1. The van der Waals surface area contributed by atoms with Crippen LogP contribution >= 0.6 is 7.26 Å². The molecule has 0 atom stereocenters. The molecule has 2 aromatic carbocycles. The van der Waals surface area contributed by atoms with Crippen molar-refractivity contribution < 1.29 is 0 Å². The van der Waals surface area contributed by atoms with Crippen LogP contribution in [0.2, 0.25) is 0 Å². The van der Waals surface area contributed by atoms with Crippen LogP contribution in [0.3, 0.4) is 0 Å². The summed E-state index contributed by atoms with van der Waals surface area (Å²) in [5.41, 5.74) is 0. The van der Waals surface area contributed by atoms with Crippen molar-refractivity contribution in [2.45, 2.75) is 12.8 Å². The summed E-state index contributed by atoms with van der Waals surface area (Å²) in [4.78, 5) is 0. The van der Waals surface area contributed by atoms with Gasteiger partial charge in [-0.3, -0.25) is 0 Å². The Morgan fingerprint density at radius 2 is 1.43 bits per heavy atom. The highest BCUT2D eigenvalue weighted by Gasteiger charge is 2.49. The number of rotatable bonds is 7. The van der Waals surface area contributed by atoms with E-state index < -0.39 is 7.26 Å². The minimum Gasteiger partial charge on any atom is -0.0989 e. The number of hydrogen-bond donors (Lipinski definition) is 0. The fourth-order valence-corrected chi connectivity index (χ4v) is 7.99. The smallest absolute Gasteiger partial charge is 0.0989 e. The maximum absolute atomic E-state index is 4.14. The lowest BCUT2D eigenvalue weighted by Crippen LogP contribution is -2.26. The maximum atomic E-state index is 4.14. The van der Waals surface area contributed by atoms with Crippen molar-refractivity contribution in [3.63, 3.8) is 0 Å². The first-order valence-electron chi connectivity index (χ1n) is 8.26. The van der Waals surface area contributed by atoms with Gasteiger partial charge in [0, 0.05) is 0 Å². The number of benzene rings is 2. The van der Waals surface area contributed by atoms with Crippen molar-refractivity contribution in [1.82, 2.24) is 0 Å². The molecule has 0 heterocycles. The molecular formula is C22H24P+. The standard InChI is InChI=1S/C22H24P/c1-3-11-20(4-2)23(18-19-16-17-19,21-12-7-5-8-13-21)22-14-9-6-10-15-22/h3-15,19H,1-2,16-18H2/q+1/b20-11+. The molecule has 1 aliphatic carbocycles. The second-order valence-electron chi connectivity index (χ2n) is 6.14. The second-order valence-corrected chi connectivity index (χ2v) is 9.67. The van der Waals surface area contributed by atoms with Gasteiger partial charge in [0.15, 0.2) is 0 Å². The van der Waals surface area contributed by atoms with Crippen molar-refractivity contribution in [3.8, 4) is 0 Å². The first-order valence-corrected chi connectivity index (χ1v) is 10.2. The van der Waals surface area contributed by atoms with E-state index in [9.17, 15) is 0 Å². The summed E-state index contributed by atoms with van der Waals surface area (Å²) >= 11 is 0. The van der Waals surface area contributed by atoms with Crippen molar-refractivity contribution in [1.29, 1.82) is 0 Å². The summed E-state index contributed by atoms with van der Waals surface area (Å²) < 4.78 is 0. The third-order valence-corrected chi connectivity index (χ3v) is 9.20. The summed E-state index contributed by atoms with van der Waals surface area (Å²) in [6.45, 7) is 8.07. The van der Waals surface area contributed by atoms with Crippen LogP contribution in [-0.4, -0.2) is 6.16 Å². The van der Waals surface area contributed by atoms with E-state index in [1.54, 1.807) is 0 Å². The molecule has 0 N–H and O–H groups in total. The highest BCUT2D eigenvalue weighted by Crippen LogP contribution is 2.67. The summed E-state index contributed by atoms with van der Waals surface area (Å²) in [5, 5.41) is 4.24. The van der Waals surface area contributed by atoms with Gasteiger partial charge < -0.3 is 0 Å². The summed E-state index contributed by atoms with van der Waals surface area (Å²) in [7, 11) is -1.65. The Hall–Kier alpha value is -1.91. The van der Waals surface area contributed by atoms with Crippen LogP contribution < -0.4 is 10.6 Å². The maximum Gasteiger partial charge on any atom is 0.112 e. The van der Waals surface area contributed by atoms with Crippen LogP contribution in [0.15, 0.2) is 97.4 Å². The molecule has 0 saturated heterocycles. The summed E-state index contributed by atoms with van der Waals surface area (Å²) in [6.07, 6.45) is 10.1. The molecule has 3 rings (SSSR count).